The van der Waals surface area contributed by atoms with Crippen molar-refractivity contribution in [1.29, 1.82) is 0 Å². The predicted octanol–water partition coefficient (Wildman–Crippen LogP) is 2.30. The van der Waals surface area contributed by atoms with Gasteiger partial charge in [0.15, 0.2) is 5.96 Å². The molecule has 6 nitrogen and oxygen atoms in total. The average Bonchev–Trinajstić information content (AvgIpc) is 2.66. The highest BCUT2D eigenvalue weighted by Gasteiger charge is 2.22. The smallest absolute Gasteiger partial charge is 0.191 e. The predicted molar refractivity (Wildman–Crippen MR) is 114 cm³/mol. The van der Waals surface area contributed by atoms with Gasteiger partial charge < -0.3 is 20.3 Å². The monoisotopic (exact) mass is 395 g/mol. The minimum absolute atomic E-state index is 0.0103. The number of hydrogen-bond acceptors (Lipinski definition) is 4. The van der Waals surface area contributed by atoms with Crippen LogP contribution in [0.5, 0.6) is 5.75 Å². The molecule has 1 aromatic carbocycles. The average molecular weight is 396 g/mol. The summed E-state index contributed by atoms with van der Waals surface area (Å²) < 4.78 is 6.04. The summed E-state index contributed by atoms with van der Waals surface area (Å²) in [6.07, 6.45) is 0.855. The molecule has 1 aliphatic rings. The largest absolute Gasteiger partial charge is 0.487 e. The maximum Gasteiger partial charge on any atom is 0.191 e. The van der Waals surface area contributed by atoms with Crippen LogP contribution in [0.15, 0.2) is 29.3 Å². The van der Waals surface area contributed by atoms with Crippen molar-refractivity contribution < 1.29 is 4.74 Å². The first-order valence-electron chi connectivity index (χ1n) is 9.85. The summed E-state index contributed by atoms with van der Waals surface area (Å²) in [5.41, 5.74) is 0. The summed E-state index contributed by atoms with van der Waals surface area (Å²) in [5.74, 6) is 1.55. The van der Waals surface area contributed by atoms with E-state index in [1.807, 2.05) is 24.3 Å². The quantitative estimate of drug-likeness (QED) is 0.522. The van der Waals surface area contributed by atoms with Crippen molar-refractivity contribution in [3.63, 3.8) is 0 Å². The minimum Gasteiger partial charge on any atom is -0.487 e. The molecular weight excluding hydrogens is 362 g/mol. The van der Waals surface area contributed by atoms with Crippen LogP contribution in [0.1, 0.15) is 20.3 Å². The highest BCUT2D eigenvalue weighted by Crippen LogP contribution is 2.24. The molecule has 1 fully saturated rings. The second-order valence-corrected chi connectivity index (χ2v) is 7.48. The van der Waals surface area contributed by atoms with Crippen LogP contribution in [0.25, 0.3) is 0 Å². The summed E-state index contributed by atoms with van der Waals surface area (Å²) in [5, 5.41) is 7.45. The van der Waals surface area contributed by atoms with Gasteiger partial charge >= 0.3 is 0 Å². The van der Waals surface area contributed by atoms with Crippen LogP contribution < -0.4 is 15.4 Å². The molecule has 1 heterocycles. The molecule has 152 valence electrons. The molecule has 0 aromatic heterocycles. The van der Waals surface area contributed by atoms with Crippen molar-refractivity contribution in [2.24, 2.45) is 4.99 Å². The van der Waals surface area contributed by atoms with E-state index < -0.39 is 0 Å². The van der Waals surface area contributed by atoms with Gasteiger partial charge in [0.2, 0.25) is 0 Å². The zero-order chi connectivity index (χ0) is 19.6. The van der Waals surface area contributed by atoms with Gasteiger partial charge in [0.05, 0.1) is 11.6 Å². The van der Waals surface area contributed by atoms with Crippen LogP contribution in [-0.4, -0.2) is 81.3 Å². The van der Waals surface area contributed by atoms with Crippen molar-refractivity contribution in [2.75, 3.05) is 53.4 Å². The number of para-hydroxylation sites is 1. The standard InChI is InChI=1S/C20H34ClN5O/c1-5-17(27-19-10-8-7-9-18(19)21)14-24-20(22-6-2)23-13-16-15-25(3)11-12-26(16)4/h7-10,16-17H,5-6,11-15H2,1-4H3,(H2,22,23,24). The Bertz CT molecular complexity index is 597. The molecule has 2 unspecified atom stereocenters. The third kappa shape index (κ3) is 7.20. The lowest BCUT2D eigenvalue weighted by molar-refractivity contribution is 0.116. The first-order valence-corrected chi connectivity index (χ1v) is 10.2. The molecule has 27 heavy (non-hydrogen) atoms. The fraction of sp³-hybridized carbons (Fsp3) is 0.650. The molecule has 0 bridgehead atoms. The van der Waals surface area contributed by atoms with E-state index in [0.717, 1.165) is 45.1 Å². The van der Waals surface area contributed by atoms with Gasteiger partial charge in [0.25, 0.3) is 0 Å². The molecule has 0 amide bonds. The van der Waals surface area contributed by atoms with Crippen molar-refractivity contribution in [3.8, 4) is 5.75 Å². The molecule has 1 saturated heterocycles. The Balaban J connectivity index is 1.91. The van der Waals surface area contributed by atoms with Crippen LogP contribution in [0, 0.1) is 0 Å². The fourth-order valence-corrected chi connectivity index (χ4v) is 3.22. The van der Waals surface area contributed by atoms with Gasteiger partial charge in [-0.15, -0.1) is 0 Å². The molecule has 1 aromatic rings. The van der Waals surface area contributed by atoms with E-state index in [9.17, 15) is 0 Å². The number of nitrogens with one attached hydrogen (secondary N) is 2. The molecule has 7 heteroatoms. The van der Waals surface area contributed by atoms with Gasteiger partial charge in [-0.05, 0) is 39.6 Å². The molecule has 0 radical (unpaired) electrons. The number of rotatable bonds is 8. The topological polar surface area (TPSA) is 52.1 Å². The Morgan fingerprint density at radius 3 is 2.74 bits per heavy atom. The van der Waals surface area contributed by atoms with E-state index in [0.29, 0.717) is 23.4 Å². The molecule has 2 N–H and O–H groups in total. The highest BCUT2D eigenvalue weighted by atomic mass is 35.5. The van der Waals surface area contributed by atoms with E-state index in [1.54, 1.807) is 0 Å². The number of benzene rings is 1. The summed E-state index contributed by atoms with van der Waals surface area (Å²) in [7, 11) is 4.37. The summed E-state index contributed by atoms with van der Waals surface area (Å²) >= 11 is 6.20. The van der Waals surface area contributed by atoms with Gasteiger partial charge in [0.1, 0.15) is 11.9 Å². The molecule has 2 rings (SSSR count). The number of hydrogen-bond donors (Lipinski definition) is 2. The first kappa shape index (κ1) is 21.8. The summed E-state index contributed by atoms with van der Waals surface area (Å²) in [6, 6.07) is 8.06. The second kappa shape index (κ2) is 11.4. The third-order valence-electron chi connectivity index (χ3n) is 4.87. The van der Waals surface area contributed by atoms with E-state index in [1.165, 1.54) is 0 Å². The number of piperazine rings is 1. The van der Waals surface area contributed by atoms with Crippen LogP contribution in [0.4, 0.5) is 0 Å². The first-order chi connectivity index (χ1) is 13.0. The Morgan fingerprint density at radius 1 is 1.26 bits per heavy atom. The van der Waals surface area contributed by atoms with Gasteiger partial charge in [-0.3, -0.25) is 4.90 Å². The summed E-state index contributed by atoms with van der Waals surface area (Å²) in [4.78, 5) is 9.52. The maximum absolute atomic E-state index is 6.20. The Kier molecular flexibility index (Phi) is 9.18. The molecule has 2 atom stereocenters. The maximum atomic E-state index is 6.20. The fourth-order valence-electron chi connectivity index (χ4n) is 3.04. The molecule has 1 aliphatic heterocycles. The van der Waals surface area contributed by atoms with Crippen molar-refractivity contribution in [1.82, 2.24) is 20.4 Å². The number of aliphatic imine (C=N–C) groups is 1. The van der Waals surface area contributed by atoms with Gasteiger partial charge in [-0.25, -0.2) is 4.99 Å². The highest BCUT2D eigenvalue weighted by molar-refractivity contribution is 6.32. The second-order valence-electron chi connectivity index (χ2n) is 7.08. The van der Waals surface area contributed by atoms with Crippen molar-refractivity contribution in [3.05, 3.63) is 29.3 Å². The van der Waals surface area contributed by atoms with E-state index in [2.05, 4.69) is 48.4 Å². The number of nitrogens with zero attached hydrogens (tertiary/aromatic N) is 3. The van der Waals surface area contributed by atoms with Crippen LogP contribution >= 0.6 is 11.6 Å². The molecule has 0 aliphatic carbocycles. The Morgan fingerprint density at radius 2 is 2.04 bits per heavy atom. The van der Waals surface area contributed by atoms with Crippen LogP contribution in [0.3, 0.4) is 0 Å². The molecular formula is C20H34ClN5O. The minimum atomic E-state index is -0.0103. The van der Waals surface area contributed by atoms with E-state index >= 15 is 0 Å². The van der Waals surface area contributed by atoms with Crippen molar-refractivity contribution in [2.45, 2.75) is 32.4 Å². The Labute approximate surface area is 168 Å². The lowest BCUT2D eigenvalue weighted by Gasteiger charge is -2.38. The molecule has 0 spiro atoms. The summed E-state index contributed by atoms with van der Waals surface area (Å²) in [6.45, 7) is 9.75. The Hall–Kier alpha value is -1.50. The lowest BCUT2D eigenvalue weighted by atomic mass is 10.2. The zero-order valence-corrected chi connectivity index (χ0v) is 17.8. The zero-order valence-electron chi connectivity index (χ0n) is 17.0. The van der Waals surface area contributed by atoms with E-state index in [4.69, 9.17) is 21.3 Å². The van der Waals surface area contributed by atoms with Crippen LogP contribution in [-0.2, 0) is 0 Å². The van der Waals surface area contributed by atoms with E-state index in [-0.39, 0.29) is 6.10 Å². The van der Waals surface area contributed by atoms with Gasteiger partial charge in [-0.2, -0.15) is 0 Å². The third-order valence-corrected chi connectivity index (χ3v) is 5.18. The lowest BCUT2D eigenvalue weighted by Crippen LogP contribution is -2.55. The SMILES string of the molecule is CCNC(=NCC(CC)Oc1ccccc1Cl)NCC1CN(C)CCN1C. The van der Waals surface area contributed by atoms with Crippen molar-refractivity contribution >= 4 is 17.6 Å². The number of guanidine groups is 1. The number of halogens is 1. The van der Waals surface area contributed by atoms with Gasteiger partial charge in [0, 0.05) is 38.8 Å². The molecule has 0 saturated carbocycles. The normalized spacial score (nSPS) is 20.3. The van der Waals surface area contributed by atoms with Crippen LogP contribution in [0.2, 0.25) is 5.02 Å². The van der Waals surface area contributed by atoms with Gasteiger partial charge in [-0.1, -0.05) is 30.7 Å². The number of ether oxygens (including phenoxy) is 1. The number of likely N-dealkylation sites (N-methyl/N-ethyl adjacent to an activating group) is 2.